The van der Waals surface area contributed by atoms with Gasteiger partial charge in [0.25, 0.3) is 5.91 Å². The summed E-state index contributed by atoms with van der Waals surface area (Å²) in [4.78, 5) is 32.4. The molecule has 2 aliphatic heterocycles. The van der Waals surface area contributed by atoms with E-state index in [0.29, 0.717) is 17.7 Å². The Morgan fingerprint density at radius 2 is 1.91 bits per heavy atom. The minimum absolute atomic E-state index is 0.0236. The smallest absolute Gasteiger partial charge is 0.342 e. The van der Waals surface area contributed by atoms with Gasteiger partial charge in [-0.3, -0.25) is 4.79 Å². The Labute approximate surface area is 200 Å². The third kappa shape index (κ3) is 7.37. The number of benzene rings is 1. The number of esters is 1. The molecule has 8 nitrogen and oxygen atoms in total. The Hall–Kier alpha value is -3.29. The average molecular weight is 471 g/mol. The standard InChI is InChI=1S/C26H34N2O6/c1-18-8-6-10-19(2)34-26(32)25-20(15-22(29)16-23(25)30)14-21(11-7-9-18)27-33-17-24(31)28-12-4-3-5-13-28/h6-8,11,15-16,18-19,29-30H,3-5,9-10,12-14,17H2,1-2H3/b8-6+,11-7+,27-21+/t18?,19-/m1/s1. The number of hydrogen-bond acceptors (Lipinski definition) is 7. The van der Waals surface area contributed by atoms with Gasteiger partial charge >= 0.3 is 5.97 Å². The zero-order chi connectivity index (χ0) is 24.5. The zero-order valence-corrected chi connectivity index (χ0v) is 19.9. The molecule has 2 atom stereocenters. The monoisotopic (exact) mass is 470 g/mol. The van der Waals surface area contributed by atoms with Crippen LogP contribution in [0.5, 0.6) is 11.5 Å². The second kappa shape index (κ2) is 12.3. The molecule has 184 valence electrons. The Kier molecular flexibility index (Phi) is 9.13. The van der Waals surface area contributed by atoms with Crippen LogP contribution in [0.1, 0.15) is 61.9 Å². The molecule has 0 aliphatic carbocycles. The van der Waals surface area contributed by atoms with Crippen molar-refractivity contribution in [3.63, 3.8) is 0 Å². The van der Waals surface area contributed by atoms with Crippen LogP contribution in [0.2, 0.25) is 0 Å². The van der Waals surface area contributed by atoms with Crippen LogP contribution < -0.4 is 0 Å². The summed E-state index contributed by atoms with van der Waals surface area (Å²) in [6.07, 6.45) is 11.9. The van der Waals surface area contributed by atoms with E-state index in [1.54, 1.807) is 17.9 Å². The number of carbonyl (C=O) groups excluding carboxylic acids is 2. The highest BCUT2D eigenvalue weighted by atomic mass is 16.6. The molecule has 0 spiro atoms. The van der Waals surface area contributed by atoms with Gasteiger partial charge in [-0.1, -0.05) is 30.3 Å². The number of oxime groups is 1. The van der Waals surface area contributed by atoms with Gasteiger partial charge < -0.3 is 24.7 Å². The number of ether oxygens (including phenoxy) is 1. The van der Waals surface area contributed by atoms with E-state index in [-0.39, 0.29) is 48.0 Å². The number of carbonyl (C=O) groups is 2. The summed E-state index contributed by atoms with van der Waals surface area (Å²) < 4.78 is 5.52. The number of cyclic esters (lactones) is 1. The number of phenols is 2. The SMILES string of the molecule is CC1/C=C/C[C@@H](C)OC(=O)c2c(O)cc(O)cc2CC(=N/OCC(=O)N2CCCCC2)/C=C/C1. The van der Waals surface area contributed by atoms with Gasteiger partial charge in [-0.15, -0.1) is 0 Å². The van der Waals surface area contributed by atoms with E-state index in [9.17, 15) is 19.8 Å². The first-order valence-electron chi connectivity index (χ1n) is 11.9. The third-order valence-corrected chi connectivity index (χ3v) is 5.90. The number of amides is 1. The molecule has 2 N–H and O–H groups in total. The number of hydrogen-bond donors (Lipinski definition) is 2. The van der Waals surface area contributed by atoms with Crippen molar-refractivity contribution in [3.8, 4) is 11.5 Å². The summed E-state index contributed by atoms with van der Waals surface area (Å²) in [6.45, 7) is 5.16. The van der Waals surface area contributed by atoms with Gasteiger partial charge in [0.15, 0.2) is 6.61 Å². The predicted molar refractivity (Wildman–Crippen MR) is 129 cm³/mol. The lowest BCUT2D eigenvalue weighted by atomic mass is 9.99. The summed E-state index contributed by atoms with van der Waals surface area (Å²) >= 11 is 0. The molecule has 0 saturated carbocycles. The van der Waals surface area contributed by atoms with E-state index in [0.717, 1.165) is 44.8 Å². The molecule has 0 aromatic heterocycles. The van der Waals surface area contributed by atoms with Gasteiger partial charge in [-0.05, 0) is 56.2 Å². The van der Waals surface area contributed by atoms with Crippen LogP contribution in [0.3, 0.4) is 0 Å². The largest absolute Gasteiger partial charge is 0.508 e. The van der Waals surface area contributed by atoms with Crippen molar-refractivity contribution < 1.29 is 29.4 Å². The van der Waals surface area contributed by atoms with Crippen molar-refractivity contribution in [2.75, 3.05) is 19.7 Å². The maximum atomic E-state index is 12.8. The number of aromatic hydroxyl groups is 2. The maximum absolute atomic E-state index is 12.8. The summed E-state index contributed by atoms with van der Waals surface area (Å²) in [5.41, 5.74) is 0.779. The quantitative estimate of drug-likeness (QED) is 0.391. The van der Waals surface area contributed by atoms with Gasteiger partial charge in [0.05, 0.1) is 5.71 Å². The topological polar surface area (TPSA) is 109 Å². The molecule has 0 radical (unpaired) electrons. The molecule has 1 fully saturated rings. The number of piperidine rings is 1. The Balaban J connectivity index is 1.86. The van der Waals surface area contributed by atoms with Crippen LogP contribution in [-0.4, -0.2) is 58.5 Å². The fourth-order valence-corrected chi connectivity index (χ4v) is 4.06. The number of nitrogens with zero attached hydrogens (tertiary/aromatic N) is 2. The van der Waals surface area contributed by atoms with Gasteiger partial charge in [0.2, 0.25) is 0 Å². The van der Waals surface area contributed by atoms with E-state index in [4.69, 9.17) is 9.57 Å². The van der Waals surface area contributed by atoms with E-state index in [1.807, 2.05) is 12.2 Å². The number of rotatable bonds is 3. The molecule has 1 unspecified atom stereocenters. The van der Waals surface area contributed by atoms with Crippen molar-refractivity contribution >= 4 is 17.6 Å². The van der Waals surface area contributed by atoms with Gasteiger partial charge in [0.1, 0.15) is 23.2 Å². The summed E-state index contributed by atoms with van der Waals surface area (Å²) in [5.74, 6) is -1.07. The second-order valence-electron chi connectivity index (χ2n) is 8.97. The van der Waals surface area contributed by atoms with Crippen LogP contribution in [0.4, 0.5) is 0 Å². The first-order valence-corrected chi connectivity index (χ1v) is 11.9. The predicted octanol–water partition coefficient (Wildman–Crippen LogP) is 4.11. The zero-order valence-electron chi connectivity index (χ0n) is 19.9. The van der Waals surface area contributed by atoms with Crippen LogP contribution in [0.15, 0.2) is 41.6 Å². The molecule has 0 bridgehead atoms. The molecule has 34 heavy (non-hydrogen) atoms. The Morgan fingerprint density at radius 3 is 2.68 bits per heavy atom. The highest BCUT2D eigenvalue weighted by molar-refractivity contribution is 6.00. The molecular formula is C26H34N2O6. The molecule has 1 aromatic carbocycles. The minimum atomic E-state index is -0.678. The molecule has 8 heteroatoms. The second-order valence-corrected chi connectivity index (χ2v) is 8.97. The van der Waals surface area contributed by atoms with Crippen molar-refractivity contribution in [1.82, 2.24) is 4.90 Å². The summed E-state index contributed by atoms with van der Waals surface area (Å²) in [5, 5.41) is 24.6. The third-order valence-electron chi connectivity index (χ3n) is 5.90. The van der Waals surface area contributed by atoms with E-state index in [1.165, 1.54) is 6.07 Å². The Bertz CT molecular complexity index is 962. The molecule has 1 saturated heterocycles. The van der Waals surface area contributed by atoms with E-state index < -0.39 is 5.97 Å². The normalized spacial score (nSPS) is 25.1. The molecular weight excluding hydrogens is 436 g/mol. The first kappa shape index (κ1) is 25.3. The van der Waals surface area contributed by atoms with Gasteiger partial charge in [-0.2, -0.15) is 0 Å². The van der Waals surface area contributed by atoms with Crippen molar-refractivity contribution in [3.05, 3.63) is 47.6 Å². The lowest BCUT2D eigenvalue weighted by molar-refractivity contribution is -0.137. The minimum Gasteiger partial charge on any atom is -0.508 e. The van der Waals surface area contributed by atoms with Crippen LogP contribution in [0, 0.1) is 5.92 Å². The number of likely N-dealkylation sites (tertiary alicyclic amines) is 1. The fraction of sp³-hybridized carbons (Fsp3) is 0.500. The average Bonchev–Trinajstić information content (AvgIpc) is 2.78. The fourth-order valence-electron chi connectivity index (χ4n) is 4.06. The number of phenolic OH excluding ortho intramolecular Hbond substituents is 2. The van der Waals surface area contributed by atoms with E-state index >= 15 is 0 Å². The highest BCUT2D eigenvalue weighted by Gasteiger charge is 2.22. The maximum Gasteiger partial charge on any atom is 0.342 e. The van der Waals surface area contributed by atoms with Gasteiger partial charge in [0, 0.05) is 32.0 Å². The lowest BCUT2D eigenvalue weighted by Gasteiger charge is -2.26. The van der Waals surface area contributed by atoms with Gasteiger partial charge in [-0.25, -0.2) is 4.79 Å². The molecule has 1 aromatic rings. The summed E-state index contributed by atoms with van der Waals surface area (Å²) in [7, 11) is 0. The Morgan fingerprint density at radius 1 is 1.15 bits per heavy atom. The van der Waals surface area contributed by atoms with Crippen LogP contribution in [0.25, 0.3) is 0 Å². The lowest BCUT2D eigenvalue weighted by Crippen LogP contribution is -2.37. The number of allylic oxidation sites excluding steroid dienone is 3. The van der Waals surface area contributed by atoms with Crippen LogP contribution >= 0.6 is 0 Å². The van der Waals surface area contributed by atoms with Crippen molar-refractivity contribution in [1.29, 1.82) is 0 Å². The number of fused-ring (bicyclic) bond motifs is 1. The molecule has 2 aliphatic rings. The first-order chi connectivity index (χ1) is 16.3. The summed E-state index contributed by atoms with van der Waals surface area (Å²) in [6, 6.07) is 2.51. The van der Waals surface area contributed by atoms with Crippen molar-refractivity contribution in [2.45, 2.75) is 58.5 Å². The van der Waals surface area contributed by atoms with Crippen molar-refractivity contribution in [2.24, 2.45) is 11.1 Å². The molecule has 3 rings (SSSR count). The molecule has 2 heterocycles. The van der Waals surface area contributed by atoms with E-state index in [2.05, 4.69) is 18.2 Å². The molecule has 1 amide bonds. The highest BCUT2D eigenvalue weighted by Crippen LogP contribution is 2.29. The van der Waals surface area contributed by atoms with Crippen LogP contribution in [-0.2, 0) is 20.8 Å².